The van der Waals surface area contributed by atoms with Crippen molar-refractivity contribution in [1.82, 2.24) is 14.9 Å². The van der Waals surface area contributed by atoms with E-state index in [1.807, 2.05) is 35.2 Å². The molecule has 1 saturated heterocycles. The molecular weight excluding hydrogens is 539 g/mol. The molecule has 0 spiro atoms. The average Bonchev–Trinajstić information content (AvgIpc) is 2.99. The van der Waals surface area contributed by atoms with E-state index >= 15 is 0 Å². The molecule has 0 aliphatic carbocycles. The Morgan fingerprint density at radius 2 is 1.78 bits per heavy atom. The van der Waals surface area contributed by atoms with Gasteiger partial charge in [0.25, 0.3) is 5.91 Å². The van der Waals surface area contributed by atoms with Crippen molar-refractivity contribution in [3.8, 4) is 0 Å². The van der Waals surface area contributed by atoms with Crippen LogP contribution in [-0.2, 0) is 27.0 Å². The lowest BCUT2D eigenvalue weighted by atomic mass is 10.1. The Kier molecular flexibility index (Phi) is 9.91. The molecule has 3 aromatic rings. The number of methoxy groups -OCH3 is 1. The van der Waals surface area contributed by atoms with Gasteiger partial charge in [-0.1, -0.05) is 42.5 Å². The molecule has 1 aliphatic heterocycles. The first kappa shape index (κ1) is 29.5. The van der Waals surface area contributed by atoms with Gasteiger partial charge in [0.05, 0.1) is 32.3 Å². The molecule has 1 amide bonds. The molecular formula is C29H30F3N5O4. The van der Waals surface area contributed by atoms with Crippen LogP contribution in [0.3, 0.4) is 0 Å². The molecule has 41 heavy (non-hydrogen) atoms. The molecule has 4 rings (SSSR count). The molecule has 9 nitrogen and oxygen atoms in total. The molecule has 1 aromatic heterocycles. The summed E-state index contributed by atoms with van der Waals surface area (Å²) < 4.78 is 49.4. The number of rotatable bonds is 10. The Bertz CT molecular complexity index is 1340. The van der Waals surface area contributed by atoms with Crippen molar-refractivity contribution in [2.45, 2.75) is 19.1 Å². The van der Waals surface area contributed by atoms with Gasteiger partial charge in [0.2, 0.25) is 5.95 Å². The molecule has 1 N–H and O–H groups in total. The lowest BCUT2D eigenvalue weighted by molar-refractivity contribution is -0.139. The van der Waals surface area contributed by atoms with Crippen LogP contribution in [0.15, 0.2) is 72.9 Å². The first-order valence-electron chi connectivity index (χ1n) is 12.9. The van der Waals surface area contributed by atoms with Crippen LogP contribution in [0.25, 0.3) is 0 Å². The zero-order valence-electron chi connectivity index (χ0n) is 22.4. The topological polar surface area (TPSA) is 96.9 Å². The van der Waals surface area contributed by atoms with Gasteiger partial charge in [0, 0.05) is 38.1 Å². The number of alkyl halides is 3. The summed E-state index contributed by atoms with van der Waals surface area (Å²) in [5, 5.41) is 3.02. The van der Waals surface area contributed by atoms with Crippen molar-refractivity contribution >= 4 is 29.3 Å². The normalized spacial score (nSPS) is 13.7. The summed E-state index contributed by atoms with van der Waals surface area (Å²) in [7, 11) is 1.30. The second kappa shape index (κ2) is 13.8. The Morgan fingerprint density at radius 3 is 2.44 bits per heavy atom. The van der Waals surface area contributed by atoms with E-state index in [2.05, 4.69) is 20.0 Å². The predicted octanol–water partition coefficient (Wildman–Crippen LogP) is 4.84. The number of halogens is 3. The molecule has 0 radical (unpaired) electrons. The minimum Gasteiger partial charge on any atom is -0.469 e. The van der Waals surface area contributed by atoms with Gasteiger partial charge in [-0.25, -0.2) is 4.98 Å². The second-order valence-electron chi connectivity index (χ2n) is 9.15. The third kappa shape index (κ3) is 8.27. The monoisotopic (exact) mass is 569 g/mol. The molecule has 0 bridgehead atoms. The largest absolute Gasteiger partial charge is 0.469 e. The van der Waals surface area contributed by atoms with Gasteiger partial charge in [-0.15, -0.1) is 0 Å². The van der Waals surface area contributed by atoms with Gasteiger partial charge >= 0.3 is 12.1 Å². The second-order valence-corrected chi connectivity index (χ2v) is 9.15. The minimum atomic E-state index is -4.47. The van der Waals surface area contributed by atoms with Crippen LogP contribution in [0.2, 0.25) is 0 Å². The van der Waals surface area contributed by atoms with Gasteiger partial charge in [-0.2, -0.15) is 18.2 Å². The van der Waals surface area contributed by atoms with Crippen molar-refractivity contribution in [1.29, 1.82) is 0 Å². The third-order valence-electron chi connectivity index (χ3n) is 6.28. The molecule has 2 heterocycles. The molecule has 12 heteroatoms. The Balaban J connectivity index is 1.66. The molecule has 0 unspecified atom stereocenters. The summed E-state index contributed by atoms with van der Waals surface area (Å²) in [4.78, 5) is 37.9. The van der Waals surface area contributed by atoms with Gasteiger partial charge < -0.3 is 24.6 Å². The van der Waals surface area contributed by atoms with Crippen LogP contribution in [0, 0.1) is 0 Å². The number of carbonyl (C=O) groups excluding carboxylic acids is 2. The zero-order chi connectivity index (χ0) is 29.2. The number of aromatic nitrogens is 2. The summed E-state index contributed by atoms with van der Waals surface area (Å²) >= 11 is 0. The Labute approximate surface area is 235 Å². The first-order valence-corrected chi connectivity index (χ1v) is 12.9. The predicted molar refractivity (Wildman–Crippen MR) is 147 cm³/mol. The van der Waals surface area contributed by atoms with E-state index in [-0.39, 0.29) is 30.9 Å². The number of ether oxygens (including phenoxy) is 2. The highest BCUT2D eigenvalue weighted by atomic mass is 19.4. The average molecular weight is 570 g/mol. The molecule has 0 saturated carbocycles. The molecule has 0 atom stereocenters. The van der Waals surface area contributed by atoms with Crippen LogP contribution >= 0.6 is 0 Å². The van der Waals surface area contributed by atoms with Crippen LogP contribution in [-0.4, -0.2) is 66.7 Å². The van der Waals surface area contributed by atoms with E-state index in [0.29, 0.717) is 37.9 Å². The standard InChI is InChI=1S/C29H30F3N5O4/c1-40-25(38)9-5-6-14-37(20-21-7-3-2-4-8-21)27(39)24-19-33-28(36-15-17-41-18-16-36)35-26(24)34-23-12-10-22(11-13-23)29(30,31)32/h2-8,10-13,19H,9,14-18,20H2,1H3,(H,33,34,35)/b6-5+. The zero-order valence-corrected chi connectivity index (χ0v) is 22.4. The van der Waals surface area contributed by atoms with Crippen molar-refractivity contribution in [2.24, 2.45) is 0 Å². The number of hydrogen-bond acceptors (Lipinski definition) is 8. The van der Waals surface area contributed by atoms with Gasteiger partial charge in [0.1, 0.15) is 11.4 Å². The van der Waals surface area contributed by atoms with Crippen molar-refractivity contribution in [3.63, 3.8) is 0 Å². The fourth-order valence-electron chi connectivity index (χ4n) is 4.08. The first-order chi connectivity index (χ1) is 19.7. The van der Waals surface area contributed by atoms with Crippen molar-refractivity contribution in [3.05, 3.63) is 89.6 Å². The molecule has 216 valence electrons. The SMILES string of the molecule is COC(=O)C/C=C/CN(Cc1ccccc1)C(=O)c1cnc(N2CCOCC2)nc1Nc1ccc(C(F)(F)F)cc1. The number of morpholine rings is 1. The summed E-state index contributed by atoms with van der Waals surface area (Å²) in [6.45, 7) is 2.53. The maximum Gasteiger partial charge on any atom is 0.416 e. The van der Waals surface area contributed by atoms with Crippen LogP contribution in [0.4, 0.5) is 30.6 Å². The highest BCUT2D eigenvalue weighted by Crippen LogP contribution is 2.31. The summed E-state index contributed by atoms with van der Waals surface area (Å²) in [6.07, 6.45) is 0.322. The summed E-state index contributed by atoms with van der Waals surface area (Å²) in [6, 6.07) is 13.9. The van der Waals surface area contributed by atoms with E-state index in [4.69, 9.17) is 4.74 Å². The lowest BCUT2D eigenvalue weighted by Crippen LogP contribution is -2.37. The minimum absolute atomic E-state index is 0.0575. The number of hydrogen-bond donors (Lipinski definition) is 1. The van der Waals surface area contributed by atoms with Gasteiger partial charge in [-0.3, -0.25) is 9.59 Å². The van der Waals surface area contributed by atoms with E-state index in [1.165, 1.54) is 25.4 Å². The third-order valence-corrected chi connectivity index (χ3v) is 6.28. The number of esters is 1. The number of benzene rings is 2. The molecule has 1 aliphatic rings. The lowest BCUT2D eigenvalue weighted by Gasteiger charge is -2.28. The fourth-order valence-corrected chi connectivity index (χ4v) is 4.08. The van der Waals surface area contributed by atoms with Crippen LogP contribution in [0.1, 0.15) is 27.9 Å². The number of anilines is 3. The number of carbonyl (C=O) groups is 2. The van der Waals surface area contributed by atoms with Crippen molar-refractivity contribution in [2.75, 3.05) is 50.2 Å². The Hall–Kier alpha value is -4.45. The highest BCUT2D eigenvalue weighted by Gasteiger charge is 2.30. The van der Waals surface area contributed by atoms with E-state index in [0.717, 1.165) is 17.7 Å². The maximum absolute atomic E-state index is 13.9. The smallest absolute Gasteiger partial charge is 0.416 e. The summed E-state index contributed by atoms with van der Waals surface area (Å²) in [5.41, 5.74) is 0.555. The fraction of sp³-hybridized carbons (Fsp3) is 0.310. The Morgan fingerprint density at radius 1 is 1.07 bits per heavy atom. The van der Waals surface area contributed by atoms with Gasteiger partial charge in [-0.05, 0) is 29.8 Å². The number of nitrogens with one attached hydrogen (secondary N) is 1. The highest BCUT2D eigenvalue weighted by molar-refractivity contribution is 5.99. The quantitative estimate of drug-likeness (QED) is 0.274. The maximum atomic E-state index is 13.9. The number of nitrogens with zero attached hydrogens (tertiary/aromatic N) is 4. The van der Waals surface area contributed by atoms with Crippen molar-refractivity contribution < 1.29 is 32.2 Å². The van der Waals surface area contributed by atoms with Crippen LogP contribution in [0.5, 0.6) is 0 Å². The van der Waals surface area contributed by atoms with E-state index in [1.54, 1.807) is 17.1 Å². The van der Waals surface area contributed by atoms with E-state index < -0.39 is 23.6 Å². The molecule has 1 fully saturated rings. The molecule has 2 aromatic carbocycles. The number of amides is 1. The van der Waals surface area contributed by atoms with E-state index in [9.17, 15) is 22.8 Å². The summed E-state index contributed by atoms with van der Waals surface area (Å²) in [5.74, 6) is -0.286. The van der Waals surface area contributed by atoms with Crippen LogP contribution < -0.4 is 10.2 Å². The van der Waals surface area contributed by atoms with Gasteiger partial charge in [0.15, 0.2) is 0 Å².